The molecule has 0 radical (unpaired) electrons. The summed E-state index contributed by atoms with van der Waals surface area (Å²) in [7, 11) is 1.89. The maximum absolute atomic E-state index is 12.0. The van der Waals surface area contributed by atoms with Gasteiger partial charge in [-0.15, -0.1) is 10.2 Å². The second kappa shape index (κ2) is 5.67. The Hall–Kier alpha value is -1.14. The molecule has 0 bridgehead atoms. The first-order valence-electron chi connectivity index (χ1n) is 5.35. The van der Waals surface area contributed by atoms with Gasteiger partial charge in [0.05, 0.1) is 5.75 Å². The molecule has 18 heavy (non-hydrogen) atoms. The van der Waals surface area contributed by atoms with E-state index in [0.717, 1.165) is 15.5 Å². The van der Waals surface area contributed by atoms with Gasteiger partial charge in [0.1, 0.15) is 5.82 Å². The molecular formula is C12H12BrN3OS. The Morgan fingerprint density at radius 2 is 2.00 bits per heavy atom. The molecule has 6 heteroatoms. The minimum absolute atomic E-state index is 0.0909. The van der Waals surface area contributed by atoms with Crippen LogP contribution >= 0.6 is 27.7 Å². The van der Waals surface area contributed by atoms with Crippen LogP contribution in [0.25, 0.3) is 0 Å². The zero-order valence-corrected chi connectivity index (χ0v) is 12.5. The third-order valence-electron chi connectivity index (χ3n) is 2.55. The summed E-state index contributed by atoms with van der Waals surface area (Å²) in [6, 6.07) is 7.36. The molecule has 0 aliphatic carbocycles. The summed E-state index contributed by atoms with van der Waals surface area (Å²) < 4.78 is 2.84. The second-order valence-corrected chi connectivity index (χ2v) is 5.67. The fourth-order valence-corrected chi connectivity index (χ4v) is 2.48. The Labute approximate surface area is 118 Å². The van der Waals surface area contributed by atoms with Crippen LogP contribution < -0.4 is 0 Å². The van der Waals surface area contributed by atoms with Crippen molar-refractivity contribution in [3.63, 3.8) is 0 Å². The molecule has 0 aliphatic rings. The molecule has 0 atom stereocenters. The van der Waals surface area contributed by atoms with Crippen LogP contribution in [0.2, 0.25) is 0 Å². The van der Waals surface area contributed by atoms with Gasteiger partial charge < -0.3 is 4.57 Å². The molecule has 0 aliphatic heterocycles. The summed E-state index contributed by atoms with van der Waals surface area (Å²) in [5.74, 6) is 1.30. The zero-order valence-electron chi connectivity index (χ0n) is 10.1. The molecule has 4 nitrogen and oxygen atoms in total. The summed E-state index contributed by atoms with van der Waals surface area (Å²) in [5.41, 5.74) is 0.713. The van der Waals surface area contributed by atoms with Crippen molar-refractivity contribution in [3.05, 3.63) is 40.1 Å². The molecule has 0 saturated heterocycles. The highest BCUT2D eigenvalue weighted by molar-refractivity contribution is 9.10. The van der Waals surface area contributed by atoms with E-state index >= 15 is 0 Å². The topological polar surface area (TPSA) is 47.8 Å². The van der Waals surface area contributed by atoms with Crippen LogP contribution in [0.15, 0.2) is 33.9 Å². The van der Waals surface area contributed by atoms with Crippen molar-refractivity contribution in [2.75, 3.05) is 5.75 Å². The second-order valence-electron chi connectivity index (χ2n) is 3.81. The van der Waals surface area contributed by atoms with Crippen LogP contribution in [-0.2, 0) is 7.05 Å². The number of nitrogens with zero attached hydrogens (tertiary/aromatic N) is 3. The van der Waals surface area contributed by atoms with Gasteiger partial charge in [-0.3, -0.25) is 4.79 Å². The van der Waals surface area contributed by atoms with Gasteiger partial charge in [-0.1, -0.05) is 39.8 Å². The SMILES string of the molecule is Cc1nnc(SCC(=O)c2ccc(Br)cc2)n1C. The van der Waals surface area contributed by atoms with Gasteiger partial charge in [-0.2, -0.15) is 0 Å². The number of carbonyl (C=O) groups excluding carboxylic acids is 1. The third kappa shape index (κ3) is 3.00. The van der Waals surface area contributed by atoms with Crippen LogP contribution in [0.3, 0.4) is 0 Å². The first kappa shape index (κ1) is 13.3. The van der Waals surface area contributed by atoms with Crippen molar-refractivity contribution in [2.45, 2.75) is 12.1 Å². The molecule has 0 unspecified atom stereocenters. The van der Waals surface area contributed by atoms with Crippen molar-refractivity contribution in [3.8, 4) is 0 Å². The number of benzene rings is 1. The minimum atomic E-state index is 0.0909. The van der Waals surface area contributed by atoms with E-state index in [9.17, 15) is 4.79 Å². The summed E-state index contributed by atoms with van der Waals surface area (Å²) in [6.07, 6.45) is 0. The van der Waals surface area contributed by atoms with E-state index in [1.54, 1.807) is 0 Å². The Bertz CT molecular complexity index is 565. The van der Waals surface area contributed by atoms with Crippen molar-refractivity contribution >= 4 is 33.5 Å². The predicted molar refractivity (Wildman–Crippen MR) is 74.9 cm³/mol. The van der Waals surface area contributed by atoms with E-state index in [2.05, 4.69) is 26.1 Å². The molecule has 0 saturated carbocycles. The van der Waals surface area contributed by atoms with Crippen LogP contribution in [0.5, 0.6) is 0 Å². The highest BCUT2D eigenvalue weighted by atomic mass is 79.9. The lowest BCUT2D eigenvalue weighted by Crippen LogP contribution is -2.03. The average Bonchev–Trinajstić information content (AvgIpc) is 2.68. The maximum Gasteiger partial charge on any atom is 0.191 e. The van der Waals surface area contributed by atoms with E-state index in [4.69, 9.17) is 0 Å². The molecule has 0 spiro atoms. The van der Waals surface area contributed by atoms with Crippen LogP contribution in [0.1, 0.15) is 16.2 Å². The number of hydrogen-bond donors (Lipinski definition) is 0. The van der Waals surface area contributed by atoms with Gasteiger partial charge >= 0.3 is 0 Å². The van der Waals surface area contributed by atoms with Crippen LogP contribution in [-0.4, -0.2) is 26.3 Å². The van der Waals surface area contributed by atoms with Crippen molar-refractivity contribution < 1.29 is 4.79 Å². The monoisotopic (exact) mass is 325 g/mol. The lowest BCUT2D eigenvalue weighted by Gasteiger charge is -2.02. The van der Waals surface area contributed by atoms with Crippen molar-refractivity contribution in [1.29, 1.82) is 0 Å². The van der Waals surface area contributed by atoms with Gasteiger partial charge in [0.15, 0.2) is 10.9 Å². The third-order valence-corrected chi connectivity index (χ3v) is 4.10. The summed E-state index contributed by atoms with van der Waals surface area (Å²) in [4.78, 5) is 12.0. The van der Waals surface area contributed by atoms with Gasteiger partial charge in [0, 0.05) is 17.1 Å². The Morgan fingerprint density at radius 1 is 1.33 bits per heavy atom. The van der Waals surface area contributed by atoms with Crippen LogP contribution in [0.4, 0.5) is 0 Å². The highest BCUT2D eigenvalue weighted by Crippen LogP contribution is 2.18. The average molecular weight is 326 g/mol. The number of thioether (sulfide) groups is 1. The number of aromatic nitrogens is 3. The van der Waals surface area contributed by atoms with E-state index in [1.165, 1.54) is 11.8 Å². The summed E-state index contributed by atoms with van der Waals surface area (Å²) in [6.45, 7) is 1.88. The normalized spacial score (nSPS) is 10.6. The summed E-state index contributed by atoms with van der Waals surface area (Å²) in [5, 5.41) is 8.73. The fourth-order valence-electron chi connectivity index (χ4n) is 1.36. The number of rotatable bonds is 4. The molecule has 0 amide bonds. The van der Waals surface area contributed by atoms with Crippen LogP contribution in [0, 0.1) is 6.92 Å². The molecular weight excluding hydrogens is 314 g/mol. The number of ketones is 1. The van der Waals surface area contributed by atoms with Crippen molar-refractivity contribution in [2.24, 2.45) is 7.05 Å². The minimum Gasteiger partial charge on any atom is -0.309 e. The molecule has 94 valence electrons. The maximum atomic E-state index is 12.0. The fraction of sp³-hybridized carbons (Fsp3) is 0.250. The number of aryl methyl sites for hydroxylation is 1. The smallest absolute Gasteiger partial charge is 0.191 e. The molecule has 1 aromatic heterocycles. The molecule has 2 rings (SSSR count). The van der Waals surface area contributed by atoms with Crippen molar-refractivity contribution in [1.82, 2.24) is 14.8 Å². The molecule has 1 aromatic carbocycles. The van der Waals surface area contributed by atoms with Gasteiger partial charge in [0.25, 0.3) is 0 Å². The number of hydrogen-bond acceptors (Lipinski definition) is 4. The van der Waals surface area contributed by atoms with E-state index in [-0.39, 0.29) is 5.78 Å². The number of halogens is 1. The lowest BCUT2D eigenvalue weighted by molar-refractivity contribution is 0.102. The zero-order chi connectivity index (χ0) is 13.1. The standard InChI is InChI=1S/C12H12BrN3OS/c1-8-14-15-12(16(8)2)18-7-11(17)9-3-5-10(13)6-4-9/h3-6H,7H2,1-2H3. The van der Waals surface area contributed by atoms with Gasteiger partial charge in [-0.25, -0.2) is 0 Å². The van der Waals surface area contributed by atoms with Gasteiger partial charge in [0.2, 0.25) is 0 Å². The first-order valence-corrected chi connectivity index (χ1v) is 7.13. The first-order chi connectivity index (χ1) is 8.58. The molecule has 0 N–H and O–H groups in total. The number of carbonyl (C=O) groups is 1. The largest absolute Gasteiger partial charge is 0.309 e. The molecule has 0 fully saturated rings. The molecule has 2 aromatic rings. The Morgan fingerprint density at radius 3 is 2.56 bits per heavy atom. The van der Waals surface area contributed by atoms with E-state index in [1.807, 2.05) is 42.8 Å². The Kier molecular flexibility index (Phi) is 4.19. The van der Waals surface area contributed by atoms with Gasteiger partial charge in [-0.05, 0) is 19.1 Å². The predicted octanol–water partition coefficient (Wildman–Crippen LogP) is 2.86. The summed E-state index contributed by atoms with van der Waals surface area (Å²) >= 11 is 4.75. The Balaban J connectivity index is 2.00. The lowest BCUT2D eigenvalue weighted by atomic mass is 10.2. The quantitative estimate of drug-likeness (QED) is 0.640. The number of Topliss-reactive ketones (excluding diaryl/α,β-unsaturated/α-hetero) is 1. The van der Waals surface area contributed by atoms with E-state index < -0.39 is 0 Å². The van der Waals surface area contributed by atoms with E-state index in [0.29, 0.717) is 11.3 Å². The highest BCUT2D eigenvalue weighted by Gasteiger charge is 2.10. The molecule has 1 heterocycles.